The first kappa shape index (κ1) is 11.2. The summed E-state index contributed by atoms with van der Waals surface area (Å²) in [6.45, 7) is 6.14. The van der Waals surface area contributed by atoms with Crippen molar-refractivity contribution in [2.45, 2.75) is 44.9 Å². The van der Waals surface area contributed by atoms with Crippen molar-refractivity contribution in [2.75, 3.05) is 19.8 Å². The van der Waals surface area contributed by atoms with Crippen molar-refractivity contribution in [3.8, 4) is 0 Å². The van der Waals surface area contributed by atoms with Crippen LogP contribution in [0.5, 0.6) is 0 Å². The van der Waals surface area contributed by atoms with Gasteiger partial charge in [0.25, 0.3) is 5.91 Å². The Hall–Kier alpha value is -0.870. The third-order valence-corrected chi connectivity index (χ3v) is 4.01. The zero-order valence-electron chi connectivity index (χ0n) is 10.5. The molecule has 94 valence electrons. The Morgan fingerprint density at radius 2 is 2.00 bits per heavy atom. The predicted molar refractivity (Wildman–Crippen MR) is 62.4 cm³/mol. The van der Waals surface area contributed by atoms with Crippen LogP contribution in [0.2, 0.25) is 0 Å². The van der Waals surface area contributed by atoms with Gasteiger partial charge in [0.15, 0.2) is 0 Å². The van der Waals surface area contributed by atoms with Crippen molar-refractivity contribution in [1.82, 2.24) is 4.90 Å². The number of carbonyl (C=O) groups is 1. The molecular formula is C13H19NO3. The van der Waals surface area contributed by atoms with Crippen LogP contribution in [0.1, 0.15) is 33.1 Å². The lowest BCUT2D eigenvalue weighted by atomic mass is 9.98. The minimum absolute atomic E-state index is 0.189. The highest BCUT2D eigenvalue weighted by Gasteiger charge is 2.50. The Kier molecular flexibility index (Phi) is 2.52. The summed E-state index contributed by atoms with van der Waals surface area (Å²) in [4.78, 5) is 14.4. The summed E-state index contributed by atoms with van der Waals surface area (Å²) in [5.41, 5.74) is 1.91. The number of amides is 1. The maximum Gasteiger partial charge on any atom is 0.252 e. The van der Waals surface area contributed by atoms with E-state index in [9.17, 15) is 4.79 Å². The third kappa shape index (κ3) is 1.70. The molecule has 3 aliphatic heterocycles. The molecule has 0 N–H and O–H groups in total. The van der Waals surface area contributed by atoms with Gasteiger partial charge in [-0.05, 0) is 26.7 Å². The van der Waals surface area contributed by atoms with Gasteiger partial charge in [-0.25, -0.2) is 0 Å². The summed E-state index contributed by atoms with van der Waals surface area (Å²) in [5.74, 6) is 0.189. The van der Waals surface area contributed by atoms with Gasteiger partial charge < -0.3 is 14.4 Å². The minimum Gasteiger partial charge on any atom is -0.381 e. The van der Waals surface area contributed by atoms with Gasteiger partial charge in [-0.1, -0.05) is 5.57 Å². The fourth-order valence-corrected chi connectivity index (χ4v) is 3.13. The molecule has 0 spiro atoms. The molecule has 4 heteroatoms. The van der Waals surface area contributed by atoms with E-state index in [0.717, 1.165) is 38.0 Å². The second-order valence-corrected chi connectivity index (χ2v) is 5.49. The fourth-order valence-electron chi connectivity index (χ4n) is 3.13. The van der Waals surface area contributed by atoms with Crippen molar-refractivity contribution < 1.29 is 14.3 Å². The highest BCUT2D eigenvalue weighted by Crippen LogP contribution is 2.39. The highest BCUT2D eigenvalue weighted by molar-refractivity contribution is 5.97. The summed E-state index contributed by atoms with van der Waals surface area (Å²) >= 11 is 0. The zero-order chi connectivity index (χ0) is 12.0. The van der Waals surface area contributed by atoms with Crippen molar-refractivity contribution in [2.24, 2.45) is 0 Å². The Balaban J connectivity index is 1.89. The van der Waals surface area contributed by atoms with Crippen LogP contribution in [0.15, 0.2) is 11.1 Å². The monoisotopic (exact) mass is 237 g/mol. The average Bonchev–Trinajstić information content (AvgIpc) is 2.80. The average molecular weight is 237 g/mol. The summed E-state index contributed by atoms with van der Waals surface area (Å²) < 4.78 is 11.0. The van der Waals surface area contributed by atoms with E-state index in [1.807, 2.05) is 18.7 Å². The van der Waals surface area contributed by atoms with Crippen LogP contribution in [-0.4, -0.2) is 42.4 Å². The molecule has 0 aromatic heterocycles. The molecule has 4 nitrogen and oxygen atoms in total. The summed E-state index contributed by atoms with van der Waals surface area (Å²) in [6, 6.07) is 0.253. The number of rotatable bonds is 0. The first-order valence-electron chi connectivity index (χ1n) is 6.36. The molecule has 0 aromatic carbocycles. The van der Waals surface area contributed by atoms with Crippen LogP contribution in [0, 0.1) is 0 Å². The van der Waals surface area contributed by atoms with Crippen LogP contribution < -0.4 is 0 Å². The smallest absolute Gasteiger partial charge is 0.252 e. The van der Waals surface area contributed by atoms with Crippen LogP contribution >= 0.6 is 0 Å². The Morgan fingerprint density at radius 1 is 1.29 bits per heavy atom. The van der Waals surface area contributed by atoms with Gasteiger partial charge in [-0.3, -0.25) is 4.79 Å². The highest BCUT2D eigenvalue weighted by atomic mass is 16.5. The molecule has 0 unspecified atom stereocenters. The minimum atomic E-state index is -0.435. The van der Waals surface area contributed by atoms with Gasteiger partial charge in [0, 0.05) is 12.0 Å². The van der Waals surface area contributed by atoms with Gasteiger partial charge >= 0.3 is 0 Å². The summed E-state index contributed by atoms with van der Waals surface area (Å²) in [7, 11) is 0. The molecule has 3 heterocycles. The number of nitrogens with zero attached hydrogens (tertiary/aromatic N) is 1. The topological polar surface area (TPSA) is 38.8 Å². The predicted octanol–water partition coefficient (Wildman–Crippen LogP) is 1.46. The van der Waals surface area contributed by atoms with Gasteiger partial charge in [-0.2, -0.15) is 0 Å². The molecule has 17 heavy (non-hydrogen) atoms. The Bertz CT molecular complexity index is 378. The van der Waals surface area contributed by atoms with Gasteiger partial charge in [0.05, 0.1) is 25.9 Å². The maximum absolute atomic E-state index is 12.4. The van der Waals surface area contributed by atoms with Crippen LogP contribution in [-0.2, 0) is 14.3 Å². The molecule has 3 rings (SSSR count). The molecule has 3 fully saturated rings. The van der Waals surface area contributed by atoms with Crippen LogP contribution in [0.4, 0.5) is 0 Å². The zero-order valence-corrected chi connectivity index (χ0v) is 10.5. The number of fused-ring (bicyclic) bond motifs is 1. The van der Waals surface area contributed by atoms with E-state index in [-0.39, 0.29) is 11.9 Å². The van der Waals surface area contributed by atoms with E-state index in [2.05, 4.69) is 0 Å². The van der Waals surface area contributed by atoms with Crippen LogP contribution in [0.25, 0.3) is 0 Å². The molecule has 0 bridgehead atoms. The maximum atomic E-state index is 12.4. The lowest BCUT2D eigenvalue weighted by molar-refractivity contribution is -0.138. The van der Waals surface area contributed by atoms with Crippen molar-refractivity contribution in [1.29, 1.82) is 0 Å². The lowest BCUT2D eigenvalue weighted by Gasteiger charge is -2.29. The van der Waals surface area contributed by atoms with Crippen LogP contribution in [0.3, 0.4) is 0 Å². The molecule has 0 radical (unpaired) electrons. The van der Waals surface area contributed by atoms with Crippen molar-refractivity contribution in [3.05, 3.63) is 11.1 Å². The molecular weight excluding hydrogens is 218 g/mol. The van der Waals surface area contributed by atoms with Crippen molar-refractivity contribution >= 4 is 5.91 Å². The van der Waals surface area contributed by atoms with E-state index >= 15 is 0 Å². The summed E-state index contributed by atoms with van der Waals surface area (Å²) in [6.07, 6.45) is 2.70. The van der Waals surface area contributed by atoms with E-state index in [1.54, 1.807) is 0 Å². The second-order valence-electron chi connectivity index (χ2n) is 5.49. The molecule has 1 atom stereocenters. The molecule has 0 aliphatic carbocycles. The lowest BCUT2D eigenvalue weighted by Crippen LogP contribution is -2.43. The van der Waals surface area contributed by atoms with E-state index < -0.39 is 5.72 Å². The molecule has 0 saturated carbocycles. The van der Waals surface area contributed by atoms with E-state index in [0.29, 0.717) is 6.61 Å². The molecule has 1 amide bonds. The number of ether oxygens (including phenoxy) is 2. The van der Waals surface area contributed by atoms with E-state index in [4.69, 9.17) is 9.47 Å². The van der Waals surface area contributed by atoms with Crippen molar-refractivity contribution in [3.63, 3.8) is 0 Å². The number of hydrogen-bond donors (Lipinski definition) is 0. The largest absolute Gasteiger partial charge is 0.381 e. The van der Waals surface area contributed by atoms with E-state index in [1.165, 1.54) is 5.57 Å². The summed E-state index contributed by atoms with van der Waals surface area (Å²) in [5, 5.41) is 0. The first-order valence-corrected chi connectivity index (χ1v) is 6.36. The molecule has 3 saturated heterocycles. The second kappa shape index (κ2) is 3.82. The molecule has 3 aliphatic rings. The van der Waals surface area contributed by atoms with Gasteiger partial charge in [0.1, 0.15) is 5.72 Å². The number of hydrogen-bond acceptors (Lipinski definition) is 3. The Labute approximate surface area is 102 Å². The van der Waals surface area contributed by atoms with Gasteiger partial charge in [-0.15, -0.1) is 0 Å². The fraction of sp³-hybridized carbons (Fsp3) is 0.769. The number of carbonyl (C=O) groups excluding carboxylic acids is 1. The molecule has 0 aromatic rings. The normalized spacial score (nSPS) is 32.2. The standard InChI is InChI=1S/C13H19NO3/c1-13(2)14-10(8-17-13)7-11(12(14)15)9-3-5-16-6-4-9/h10H,3-8H2,1-2H3/t10-/m0/s1. The quantitative estimate of drug-likeness (QED) is 0.599. The van der Waals surface area contributed by atoms with Gasteiger partial charge in [0.2, 0.25) is 0 Å². The first-order chi connectivity index (χ1) is 8.09. The SMILES string of the molecule is CC1(C)OC[C@@H]2CC(=C3CCOCC3)C(=O)N21. The third-order valence-electron chi connectivity index (χ3n) is 4.01. The Morgan fingerprint density at radius 3 is 2.65 bits per heavy atom.